The maximum Gasteiger partial charge on any atom is 0.292 e. The van der Waals surface area contributed by atoms with E-state index in [4.69, 9.17) is 0 Å². The van der Waals surface area contributed by atoms with E-state index in [0.717, 1.165) is 49.6 Å². The molecule has 0 N–H and O–H groups in total. The summed E-state index contributed by atoms with van der Waals surface area (Å²) in [5.74, 6) is -0.585. The van der Waals surface area contributed by atoms with Crippen molar-refractivity contribution in [2.24, 2.45) is 0 Å². The molecule has 108 valence electrons. The highest BCUT2D eigenvalue weighted by Crippen LogP contribution is 2.34. The molecule has 0 spiro atoms. The van der Waals surface area contributed by atoms with Crippen LogP contribution in [0.15, 0.2) is 11.0 Å². The van der Waals surface area contributed by atoms with Crippen LogP contribution in [0.2, 0.25) is 0 Å². The molecule has 8 heteroatoms. The molecule has 21 heavy (non-hydrogen) atoms. The predicted octanol–water partition coefficient (Wildman–Crippen LogP) is 1.08. The molecular formula is C13H12N4O3S. The van der Waals surface area contributed by atoms with E-state index in [2.05, 4.69) is 10.1 Å². The summed E-state index contributed by atoms with van der Waals surface area (Å²) in [6.07, 6.45) is 6.03. The third-order valence-electron chi connectivity index (χ3n) is 4.07. The van der Waals surface area contributed by atoms with E-state index >= 15 is 0 Å². The van der Waals surface area contributed by atoms with Crippen LogP contribution in [0.3, 0.4) is 0 Å². The number of nitrogens with zero attached hydrogens (tertiary/aromatic N) is 4. The van der Waals surface area contributed by atoms with Crippen molar-refractivity contribution in [2.75, 3.05) is 0 Å². The quantitative estimate of drug-likeness (QED) is 0.736. The lowest BCUT2D eigenvalue weighted by Gasteiger charge is -2.29. The fourth-order valence-corrected chi connectivity index (χ4v) is 4.10. The lowest BCUT2D eigenvalue weighted by atomic mass is 9.94. The van der Waals surface area contributed by atoms with Crippen molar-refractivity contribution < 1.29 is 9.59 Å². The summed E-state index contributed by atoms with van der Waals surface area (Å²) >= 11 is 1.06. The van der Waals surface area contributed by atoms with Gasteiger partial charge in [-0.15, -0.1) is 0 Å². The van der Waals surface area contributed by atoms with Crippen molar-refractivity contribution in [3.8, 4) is 0 Å². The van der Waals surface area contributed by atoms with Crippen molar-refractivity contribution in [1.82, 2.24) is 19.5 Å². The van der Waals surface area contributed by atoms with Gasteiger partial charge >= 0.3 is 0 Å². The number of carbonyl (C=O) groups excluding carboxylic acids is 2. The minimum absolute atomic E-state index is 0.0132. The summed E-state index contributed by atoms with van der Waals surface area (Å²) in [7, 11) is 0. The first-order chi connectivity index (χ1) is 10.2. The summed E-state index contributed by atoms with van der Waals surface area (Å²) in [6, 6.07) is -0.0132. The second-order valence-electron chi connectivity index (χ2n) is 5.34. The first-order valence-corrected chi connectivity index (χ1v) is 7.75. The Kier molecular flexibility index (Phi) is 2.68. The summed E-state index contributed by atoms with van der Waals surface area (Å²) in [6.45, 7) is 0. The van der Waals surface area contributed by atoms with Gasteiger partial charge in [-0.05, 0) is 12.8 Å². The molecule has 0 unspecified atom stereocenters. The first kappa shape index (κ1) is 12.6. The van der Waals surface area contributed by atoms with E-state index in [9.17, 15) is 14.4 Å². The summed E-state index contributed by atoms with van der Waals surface area (Å²) < 4.78 is 1.31. The Labute approximate surface area is 123 Å². The fourth-order valence-electron chi connectivity index (χ4n) is 3.10. The monoisotopic (exact) mass is 304 g/mol. The molecule has 0 saturated heterocycles. The zero-order chi connectivity index (χ0) is 14.6. The zero-order valence-corrected chi connectivity index (χ0v) is 11.9. The molecule has 2 aromatic heterocycles. The van der Waals surface area contributed by atoms with Gasteiger partial charge in [-0.25, -0.2) is 0 Å². The third kappa shape index (κ3) is 1.75. The highest BCUT2D eigenvalue weighted by atomic mass is 32.1. The molecular weight excluding hydrogens is 292 g/mol. The summed E-state index contributed by atoms with van der Waals surface area (Å²) in [4.78, 5) is 42.2. The van der Waals surface area contributed by atoms with Crippen molar-refractivity contribution in [3.63, 3.8) is 0 Å². The summed E-state index contributed by atoms with van der Waals surface area (Å²) in [5, 5.41) is 3.93. The highest BCUT2D eigenvalue weighted by Gasteiger charge is 2.44. The van der Waals surface area contributed by atoms with Crippen LogP contribution in [0, 0.1) is 0 Å². The van der Waals surface area contributed by atoms with Crippen LogP contribution in [0.1, 0.15) is 52.3 Å². The third-order valence-corrected chi connectivity index (χ3v) is 5.08. The maximum atomic E-state index is 12.6. The zero-order valence-electron chi connectivity index (χ0n) is 11.1. The highest BCUT2D eigenvalue weighted by molar-refractivity contribution is 7.19. The molecule has 2 aromatic rings. The number of carbonyl (C=O) groups is 2. The molecule has 0 radical (unpaired) electrons. The van der Waals surface area contributed by atoms with E-state index in [1.807, 2.05) is 0 Å². The largest absolute Gasteiger partial charge is 0.292 e. The fraction of sp³-hybridized carbons (Fsp3) is 0.462. The molecule has 0 aromatic carbocycles. The molecule has 1 saturated carbocycles. The van der Waals surface area contributed by atoms with E-state index in [1.165, 1.54) is 9.42 Å². The first-order valence-electron chi connectivity index (χ1n) is 6.93. The van der Waals surface area contributed by atoms with Crippen LogP contribution < -0.4 is 5.56 Å². The number of imide groups is 1. The van der Waals surface area contributed by atoms with Gasteiger partial charge in [0.05, 0.1) is 0 Å². The van der Waals surface area contributed by atoms with Crippen LogP contribution in [0.25, 0.3) is 4.96 Å². The van der Waals surface area contributed by atoms with Gasteiger partial charge in [0.1, 0.15) is 11.1 Å². The van der Waals surface area contributed by atoms with Crippen molar-refractivity contribution in [3.05, 3.63) is 27.1 Å². The van der Waals surface area contributed by atoms with Crippen LogP contribution in [-0.2, 0) is 0 Å². The van der Waals surface area contributed by atoms with Crippen LogP contribution in [0.4, 0.5) is 0 Å². The van der Waals surface area contributed by atoms with Crippen molar-refractivity contribution in [1.29, 1.82) is 0 Å². The Morgan fingerprint density at radius 2 is 1.86 bits per heavy atom. The van der Waals surface area contributed by atoms with Crippen LogP contribution in [0.5, 0.6) is 0 Å². The van der Waals surface area contributed by atoms with Gasteiger partial charge in [0, 0.05) is 6.04 Å². The van der Waals surface area contributed by atoms with E-state index < -0.39 is 5.56 Å². The molecule has 2 amide bonds. The summed E-state index contributed by atoms with van der Waals surface area (Å²) in [5.41, 5.74) is -0.225. The Morgan fingerprint density at radius 1 is 1.10 bits per heavy atom. The minimum atomic E-state index is -0.473. The Balaban J connectivity index is 1.82. The molecule has 4 rings (SSSR count). The van der Waals surface area contributed by atoms with Gasteiger partial charge in [0.15, 0.2) is 5.69 Å². The number of hydrogen-bond donors (Lipinski definition) is 0. The standard InChI is InChI=1S/C13H12N4O3S/c18-8-6-14-17-9-10(21-13(17)15-8)12(20)16(11(9)19)7-4-2-1-3-5-7/h6-7H,1-5H2. The Bertz CT molecular complexity index is 818. The van der Waals surface area contributed by atoms with E-state index in [-0.39, 0.29) is 28.5 Å². The second-order valence-corrected chi connectivity index (χ2v) is 6.32. The Morgan fingerprint density at radius 3 is 2.62 bits per heavy atom. The molecule has 1 aliphatic carbocycles. The predicted molar refractivity (Wildman–Crippen MR) is 74.5 cm³/mol. The van der Waals surface area contributed by atoms with Gasteiger partial charge in [-0.1, -0.05) is 30.6 Å². The molecule has 0 bridgehead atoms. The van der Waals surface area contributed by atoms with E-state index in [1.54, 1.807) is 0 Å². The number of rotatable bonds is 1. The van der Waals surface area contributed by atoms with Crippen molar-refractivity contribution >= 4 is 28.1 Å². The molecule has 7 nitrogen and oxygen atoms in total. The molecule has 2 aliphatic rings. The minimum Gasteiger partial charge on any atom is -0.269 e. The van der Waals surface area contributed by atoms with Crippen LogP contribution in [-0.4, -0.2) is 37.4 Å². The average molecular weight is 304 g/mol. The molecule has 1 fully saturated rings. The van der Waals surface area contributed by atoms with Gasteiger partial charge in [-0.2, -0.15) is 14.6 Å². The van der Waals surface area contributed by atoms with E-state index in [0.29, 0.717) is 4.88 Å². The topological polar surface area (TPSA) is 84.6 Å². The van der Waals surface area contributed by atoms with Crippen molar-refractivity contribution in [2.45, 2.75) is 38.1 Å². The van der Waals surface area contributed by atoms with Crippen LogP contribution >= 0.6 is 11.3 Å². The average Bonchev–Trinajstić information content (AvgIpc) is 2.96. The molecule has 1 aliphatic heterocycles. The maximum absolute atomic E-state index is 12.6. The van der Waals surface area contributed by atoms with Gasteiger partial charge in [0.2, 0.25) is 4.96 Å². The number of amides is 2. The SMILES string of the molecule is O=C1c2sc3nc(=O)cnn3c2C(=O)N1C1CCCCC1. The molecule has 3 heterocycles. The lowest BCUT2D eigenvalue weighted by molar-refractivity contribution is 0.0547. The number of thiazole rings is 1. The number of hydrogen-bond acceptors (Lipinski definition) is 6. The molecule has 0 atom stereocenters. The normalized spacial score (nSPS) is 19.5. The smallest absolute Gasteiger partial charge is 0.269 e. The number of aromatic nitrogens is 3. The lowest BCUT2D eigenvalue weighted by Crippen LogP contribution is -2.41. The van der Waals surface area contributed by atoms with Gasteiger partial charge in [0.25, 0.3) is 17.4 Å². The van der Waals surface area contributed by atoms with Gasteiger partial charge < -0.3 is 0 Å². The number of fused-ring (bicyclic) bond motifs is 3. The Hall–Kier alpha value is -2.09. The second kappa shape index (κ2) is 4.45. The van der Waals surface area contributed by atoms with Gasteiger partial charge in [-0.3, -0.25) is 19.3 Å².